The summed E-state index contributed by atoms with van der Waals surface area (Å²) in [6.07, 6.45) is 6.49. The van der Waals surface area contributed by atoms with Crippen LogP contribution in [0.15, 0.2) is 30.6 Å². The van der Waals surface area contributed by atoms with Crippen molar-refractivity contribution in [2.24, 2.45) is 5.92 Å². The summed E-state index contributed by atoms with van der Waals surface area (Å²) in [5, 5.41) is 1.47. The van der Waals surface area contributed by atoms with Crippen LogP contribution in [0, 0.1) is 5.92 Å². The third-order valence-electron chi connectivity index (χ3n) is 4.84. The highest BCUT2D eigenvalue weighted by molar-refractivity contribution is 6.35. The average Bonchev–Trinajstić information content (AvgIpc) is 3.00. The molecule has 1 fully saturated rings. The lowest BCUT2D eigenvalue weighted by molar-refractivity contribution is 0.166. The zero-order valence-corrected chi connectivity index (χ0v) is 15.9. The SMILES string of the molecule is CC(C)c1nccn1CC1CCN(Cc2ccc(Cl)cc2Cl)CC1. The van der Waals surface area contributed by atoms with Crippen molar-refractivity contribution in [3.05, 3.63) is 52.0 Å². The Balaban J connectivity index is 1.53. The molecule has 0 unspecified atom stereocenters. The van der Waals surface area contributed by atoms with Crippen LogP contribution in [0.25, 0.3) is 0 Å². The molecule has 0 radical (unpaired) electrons. The lowest BCUT2D eigenvalue weighted by Gasteiger charge is -2.32. The third-order valence-corrected chi connectivity index (χ3v) is 5.42. The van der Waals surface area contributed by atoms with Crippen molar-refractivity contribution in [2.45, 2.75) is 45.7 Å². The molecule has 2 aromatic rings. The highest BCUT2D eigenvalue weighted by Crippen LogP contribution is 2.26. The van der Waals surface area contributed by atoms with Crippen LogP contribution in [-0.4, -0.2) is 27.5 Å². The summed E-state index contributed by atoms with van der Waals surface area (Å²) >= 11 is 12.3. The van der Waals surface area contributed by atoms with Crippen molar-refractivity contribution in [3.63, 3.8) is 0 Å². The van der Waals surface area contributed by atoms with Crippen molar-refractivity contribution < 1.29 is 0 Å². The highest BCUT2D eigenvalue weighted by atomic mass is 35.5. The molecule has 1 aliphatic heterocycles. The standard InChI is InChI=1S/C19H25Cl2N3/c1-14(2)19-22-7-10-24(19)12-15-5-8-23(9-6-15)13-16-3-4-17(20)11-18(16)21/h3-4,7,10-11,14-15H,5-6,8-9,12-13H2,1-2H3. The molecule has 0 bridgehead atoms. The second kappa shape index (κ2) is 7.90. The first-order valence-electron chi connectivity index (χ1n) is 8.70. The minimum atomic E-state index is 0.479. The van der Waals surface area contributed by atoms with Crippen LogP contribution in [0.1, 0.15) is 44.0 Å². The summed E-state index contributed by atoms with van der Waals surface area (Å²) < 4.78 is 2.33. The number of nitrogens with zero attached hydrogens (tertiary/aromatic N) is 3. The maximum atomic E-state index is 6.30. The van der Waals surface area contributed by atoms with Crippen molar-refractivity contribution in [1.82, 2.24) is 14.5 Å². The van der Waals surface area contributed by atoms with E-state index < -0.39 is 0 Å². The summed E-state index contributed by atoms with van der Waals surface area (Å²) in [5.74, 6) is 2.41. The number of hydrogen-bond donors (Lipinski definition) is 0. The van der Waals surface area contributed by atoms with Gasteiger partial charge in [0.1, 0.15) is 5.82 Å². The summed E-state index contributed by atoms with van der Waals surface area (Å²) in [5.41, 5.74) is 1.16. The number of hydrogen-bond acceptors (Lipinski definition) is 2. The number of rotatable bonds is 5. The van der Waals surface area contributed by atoms with Gasteiger partial charge in [0.2, 0.25) is 0 Å². The van der Waals surface area contributed by atoms with E-state index in [2.05, 4.69) is 34.5 Å². The maximum Gasteiger partial charge on any atom is 0.111 e. The Morgan fingerprint density at radius 2 is 1.96 bits per heavy atom. The molecule has 0 amide bonds. The summed E-state index contributed by atoms with van der Waals surface area (Å²) in [6.45, 7) is 8.65. The molecular formula is C19H25Cl2N3. The van der Waals surface area contributed by atoms with Gasteiger partial charge in [0.15, 0.2) is 0 Å². The molecule has 0 aliphatic carbocycles. The minimum Gasteiger partial charge on any atom is -0.334 e. The first-order chi connectivity index (χ1) is 11.5. The van der Waals surface area contributed by atoms with E-state index in [9.17, 15) is 0 Å². The van der Waals surface area contributed by atoms with Crippen LogP contribution >= 0.6 is 23.2 Å². The number of aromatic nitrogens is 2. The van der Waals surface area contributed by atoms with Gasteiger partial charge in [0, 0.05) is 41.4 Å². The Labute approximate surface area is 154 Å². The molecule has 130 valence electrons. The van der Waals surface area contributed by atoms with Crippen molar-refractivity contribution in [3.8, 4) is 0 Å². The van der Waals surface area contributed by atoms with E-state index in [0.717, 1.165) is 42.7 Å². The normalized spacial score (nSPS) is 16.9. The van der Waals surface area contributed by atoms with Gasteiger partial charge in [-0.05, 0) is 49.5 Å². The lowest BCUT2D eigenvalue weighted by Crippen LogP contribution is -2.34. The summed E-state index contributed by atoms with van der Waals surface area (Å²) in [4.78, 5) is 6.98. The number of imidazole rings is 1. The number of likely N-dealkylation sites (tertiary alicyclic amines) is 1. The molecular weight excluding hydrogens is 341 g/mol. The van der Waals surface area contributed by atoms with E-state index in [1.807, 2.05) is 24.4 Å². The zero-order valence-electron chi connectivity index (χ0n) is 14.4. The van der Waals surface area contributed by atoms with E-state index in [1.54, 1.807) is 0 Å². The molecule has 1 aromatic carbocycles. The molecule has 24 heavy (non-hydrogen) atoms. The van der Waals surface area contributed by atoms with E-state index in [-0.39, 0.29) is 0 Å². The summed E-state index contributed by atoms with van der Waals surface area (Å²) in [7, 11) is 0. The molecule has 3 nitrogen and oxygen atoms in total. The number of halogens is 2. The molecule has 0 saturated carbocycles. The smallest absolute Gasteiger partial charge is 0.111 e. The Kier molecular flexibility index (Phi) is 5.85. The predicted molar refractivity (Wildman–Crippen MR) is 101 cm³/mol. The van der Waals surface area contributed by atoms with E-state index in [0.29, 0.717) is 10.9 Å². The first kappa shape index (κ1) is 17.8. The first-order valence-corrected chi connectivity index (χ1v) is 9.46. The highest BCUT2D eigenvalue weighted by Gasteiger charge is 2.21. The fraction of sp³-hybridized carbons (Fsp3) is 0.526. The van der Waals surface area contributed by atoms with Gasteiger partial charge in [-0.1, -0.05) is 43.1 Å². The lowest BCUT2D eigenvalue weighted by atomic mass is 9.96. The Hall–Kier alpha value is -1.03. The monoisotopic (exact) mass is 365 g/mol. The van der Waals surface area contributed by atoms with Crippen LogP contribution in [0.4, 0.5) is 0 Å². The van der Waals surface area contributed by atoms with Crippen LogP contribution < -0.4 is 0 Å². The van der Waals surface area contributed by atoms with Gasteiger partial charge in [-0.15, -0.1) is 0 Å². The number of piperidine rings is 1. The van der Waals surface area contributed by atoms with Gasteiger partial charge >= 0.3 is 0 Å². The van der Waals surface area contributed by atoms with Crippen molar-refractivity contribution >= 4 is 23.2 Å². The van der Waals surface area contributed by atoms with E-state index in [4.69, 9.17) is 23.2 Å². The van der Waals surface area contributed by atoms with Crippen LogP contribution in [0.2, 0.25) is 10.0 Å². The molecule has 0 atom stereocenters. The van der Waals surface area contributed by atoms with E-state index >= 15 is 0 Å². The van der Waals surface area contributed by atoms with Crippen LogP contribution in [0.5, 0.6) is 0 Å². The van der Waals surface area contributed by atoms with Gasteiger partial charge in [-0.3, -0.25) is 4.90 Å². The molecule has 0 spiro atoms. The second-order valence-electron chi connectivity index (χ2n) is 7.05. The van der Waals surface area contributed by atoms with Gasteiger partial charge in [0.25, 0.3) is 0 Å². The molecule has 1 aromatic heterocycles. The van der Waals surface area contributed by atoms with Gasteiger partial charge in [-0.2, -0.15) is 0 Å². The number of benzene rings is 1. The molecule has 1 saturated heterocycles. The minimum absolute atomic E-state index is 0.479. The fourth-order valence-electron chi connectivity index (χ4n) is 3.47. The Morgan fingerprint density at radius 3 is 2.62 bits per heavy atom. The van der Waals surface area contributed by atoms with Gasteiger partial charge in [-0.25, -0.2) is 4.98 Å². The quantitative estimate of drug-likeness (QED) is 0.723. The Morgan fingerprint density at radius 1 is 1.21 bits per heavy atom. The summed E-state index contributed by atoms with van der Waals surface area (Å²) in [6, 6.07) is 5.79. The van der Waals surface area contributed by atoms with Crippen molar-refractivity contribution in [2.75, 3.05) is 13.1 Å². The van der Waals surface area contributed by atoms with Crippen molar-refractivity contribution in [1.29, 1.82) is 0 Å². The third kappa shape index (κ3) is 4.33. The topological polar surface area (TPSA) is 21.1 Å². The average molecular weight is 366 g/mol. The van der Waals surface area contributed by atoms with Crippen LogP contribution in [0.3, 0.4) is 0 Å². The zero-order chi connectivity index (χ0) is 17.1. The van der Waals surface area contributed by atoms with Crippen LogP contribution in [-0.2, 0) is 13.1 Å². The molecule has 5 heteroatoms. The van der Waals surface area contributed by atoms with Gasteiger partial charge in [0.05, 0.1) is 0 Å². The van der Waals surface area contributed by atoms with Gasteiger partial charge < -0.3 is 4.57 Å². The second-order valence-corrected chi connectivity index (χ2v) is 7.89. The largest absolute Gasteiger partial charge is 0.334 e. The molecule has 0 N–H and O–H groups in total. The Bertz CT molecular complexity index is 673. The molecule has 2 heterocycles. The molecule has 1 aliphatic rings. The fourth-order valence-corrected chi connectivity index (χ4v) is 3.94. The maximum absolute atomic E-state index is 6.30. The predicted octanol–water partition coefficient (Wildman–Crippen LogP) is 5.23. The van der Waals surface area contributed by atoms with E-state index in [1.165, 1.54) is 18.7 Å². The molecule has 3 rings (SSSR count).